The third-order valence-corrected chi connectivity index (χ3v) is 3.59. The highest BCUT2D eigenvalue weighted by molar-refractivity contribution is 6.00. The van der Waals surface area contributed by atoms with Gasteiger partial charge >= 0.3 is 0 Å². The highest BCUT2D eigenvalue weighted by Gasteiger charge is 2.28. The van der Waals surface area contributed by atoms with Crippen molar-refractivity contribution in [3.05, 3.63) is 54.3 Å². The summed E-state index contributed by atoms with van der Waals surface area (Å²) < 4.78 is 5.03. The van der Waals surface area contributed by atoms with E-state index in [4.69, 9.17) is 4.52 Å². The highest BCUT2D eigenvalue weighted by atomic mass is 16.5. The van der Waals surface area contributed by atoms with Gasteiger partial charge in [0, 0.05) is 12.1 Å². The fraction of sp³-hybridized carbons (Fsp3) is 0.250. The van der Waals surface area contributed by atoms with Crippen LogP contribution in [0.1, 0.15) is 23.7 Å². The van der Waals surface area contributed by atoms with Crippen LogP contribution in [0.15, 0.2) is 53.3 Å². The van der Waals surface area contributed by atoms with Crippen molar-refractivity contribution in [1.29, 1.82) is 0 Å². The predicted molar refractivity (Wildman–Crippen MR) is 76.2 cm³/mol. The van der Waals surface area contributed by atoms with Crippen molar-refractivity contribution in [1.82, 2.24) is 10.1 Å². The number of carbonyl (C=O) groups is 1. The molecule has 4 nitrogen and oxygen atoms in total. The van der Waals surface area contributed by atoms with Gasteiger partial charge in [-0.1, -0.05) is 54.6 Å². The van der Waals surface area contributed by atoms with Crippen molar-refractivity contribution in [2.75, 3.05) is 6.54 Å². The summed E-state index contributed by atoms with van der Waals surface area (Å²) in [6.45, 7) is 2.73. The molecule has 2 aromatic rings. The number of benzene rings is 1. The van der Waals surface area contributed by atoms with Crippen LogP contribution in [0.2, 0.25) is 0 Å². The molecule has 1 atom stereocenters. The van der Waals surface area contributed by atoms with E-state index >= 15 is 0 Å². The molecule has 1 aromatic heterocycles. The fourth-order valence-electron chi connectivity index (χ4n) is 2.51. The van der Waals surface area contributed by atoms with Crippen molar-refractivity contribution in [2.45, 2.75) is 19.4 Å². The summed E-state index contributed by atoms with van der Waals surface area (Å²) in [5.74, 6) is -0.0260. The summed E-state index contributed by atoms with van der Waals surface area (Å²) in [5, 5.41) is 3.99. The van der Waals surface area contributed by atoms with Crippen molar-refractivity contribution in [3.63, 3.8) is 0 Å². The van der Waals surface area contributed by atoms with E-state index < -0.39 is 0 Å². The smallest absolute Gasteiger partial charge is 0.260 e. The average molecular weight is 268 g/mol. The highest BCUT2D eigenvalue weighted by Crippen LogP contribution is 2.25. The van der Waals surface area contributed by atoms with E-state index in [9.17, 15) is 4.79 Å². The van der Waals surface area contributed by atoms with Gasteiger partial charge in [-0.3, -0.25) is 4.79 Å². The maximum absolute atomic E-state index is 12.7. The second kappa shape index (κ2) is 5.33. The quantitative estimate of drug-likeness (QED) is 0.803. The zero-order valence-electron chi connectivity index (χ0n) is 11.3. The van der Waals surface area contributed by atoms with Gasteiger partial charge in [0.05, 0.1) is 6.04 Å². The van der Waals surface area contributed by atoms with Crippen molar-refractivity contribution in [3.8, 4) is 11.3 Å². The van der Waals surface area contributed by atoms with Gasteiger partial charge in [-0.25, -0.2) is 0 Å². The van der Waals surface area contributed by atoms with Crippen molar-refractivity contribution >= 4 is 5.91 Å². The molecule has 0 fully saturated rings. The molecule has 0 saturated heterocycles. The van der Waals surface area contributed by atoms with Gasteiger partial charge in [0.2, 0.25) is 0 Å². The van der Waals surface area contributed by atoms with Crippen LogP contribution in [0.4, 0.5) is 0 Å². The Labute approximate surface area is 117 Å². The minimum atomic E-state index is -0.0260. The first-order valence-corrected chi connectivity index (χ1v) is 6.78. The minimum Gasteiger partial charge on any atom is -0.363 e. The largest absolute Gasteiger partial charge is 0.363 e. The number of amides is 1. The van der Waals surface area contributed by atoms with Crippen LogP contribution in [0.25, 0.3) is 11.3 Å². The Balaban J connectivity index is 1.92. The van der Waals surface area contributed by atoms with Gasteiger partial charge in [-0.15, -0.1) is 0 Å². The molecule has 3 rings (SSSR count). The van der Waals surface area contributed by atoms with Crippen LogP contribution in [-0.4, -0.2) is 28.6 Å². The average Bonchev–Trinajstić information content (AvgIpc) is 3.16. The lowest BCUT2D eigenvalue weighted by molar-refractivity contribution is 0.0747. The lowest BCUT2D eigenvalue weighted by atomic mass is 10.1. The molecule has 1 aliphatic rings. The molecule has 4 heteroatoms. The van der Waals surface area contributed by atoms with Crippen LogP contribution in [0.5, 0.6) is 0 Å². The number of hydrogen-bond donors (Lipinski definition) is 0. The second-order valence-electron chi connectivity index (χ2n) is 4.80. The SMILES string of the molecule is CCC1C=CCN1C(=O)c1conc1-c1ccccc1. The predicted octanol–water partition coefficient (Wildman–Crippen LogP) is 3.13. The molecule has 2 heterocycles. The van der Waals surface area contributed by atoms with Crippen LogP contribution >= 0.6 is 0 Å². The second-order valence-corrected chi connectivity index (χ2v) is 4.80. The molecular formula is C16H16N2O2. The standard InChI is InChI=1S/C16H16N2O2/c1-2-13-9-6-10-18(13)16(19)14-11-20-17-15(14)12-7-4-3-5-8-12/h3-9,11,13H,2,10H2,1H3. The van der Waals surface area contributed by atoms with E-state index in [1.54, 1.807) is 0 Å². The summed E-state index contributed by atoms with van der Waals surface area (Å²) in [6.07, 6.45) is 6.46. The zero-order chi connectivity index (χ0) is 13.9. The summed E-state index contributed by atoms with van der Waals surface area (Å²) >= 11 is 0. The molecule has 0 aliphatic carbocycles. The van der Waals surface area contributed by atoms with Gasteiger partial charge in [-0.05, 0) is 6.42 Å². The molecule has 102 valence electrons. The minimum absolute atomic E-state index is 0.0260. The summed E-state index contributed by atoms with van der Waals surface area (Å²) in [5.41, 5.74) is 2.03. The Hall–Kier alpha value is -2.36. The first-order chi connectivity index (χ1) is 9.81. The van der Waals surface area contributed by atoms with Gasteiger partial charge in [0.15, 0.2) is 0 Å². The van der Waals surface area contributed by atoms with Crippen LogP contribution in [0.3, 0.4) is 0 Å². The molecule has 0 spiro atoms. The third-order valence-electron chi connectivity index (χ3n) is 3.59. The molecular weight excluding hydrogens is 252 g/mol. The molecule has 1 aromatic carbocycles. The Morgan fingerprint density at radius 1 is 1.40 bits per heavy atom. The number of rotatable bonds is 3. The van der Waals surface area contributed by atoms with Crippen LogP contribution < -0.4 is 0 Å². The number of hydrogen-bond acceptors (Lipinski definition) is 3. The lowest BCUT2D eigenvalue weighted by Gasteiger charge is -2.23. The Morgan fingerprint density at radius 3 is 2.95 bits per heavy atom. The molecule has 0 saturated carbocycles. The summed E-state index contributed by atoms with van der Waals surface area (Å²) in [4.78, 5) is 14.5. The van der Waals surface area contributed by atoms with E-state index in [0.29, 0.717) is 17.8 Å². The van der Waals surface area contributed by atoms with Crippen LogP contribution in [-0.2, 0) is 0 Å². The number of nitrogens with zero attached hydrogens (tertiary/aromatic N) is 2. The van der Waals surface area contributed by atoms with Crippen molar-refractivity contribution in [2.24, 2.45) is 0 Å². The monoisotopic (exact) mass is 268 g/mol. The van der Waals surface area contributed by atoms with E-state index in [-0.39, 0.29) is 11.9 Å². The fourth-order valence-corrected chi connectivity index (χ4v) is 2.51. The molecule has 0 bridgehead atoms. The summed E-state index contributed by atoms with van der Waals surface area (Å²) in [6, 6.07) is 9.79. The van der Waals surface area contributed by atoms with Gasteiger partial charge in [0.1, 0.15) is 17.5 Å². The van der Waals surface area contributed by atoms with E-state index in [0.717, 1.165) is 12.0 Å². The van der Waals surface area contributed by atoms with E-state index in [1.807, 2.05) is 41.3 Å². The Kier molecular flexibility index (Phi) is 3.37. The van der Waals surface area contributed by atoms with Gasteiger partial charge in [0.25, 0.3) is 5.91 Å². The van der Waals surface area contributed by atoms with Crippen LogP contribution in [0, 0.1) is 0 Å². The summed E-state index contributed by atoms with van der Waals surface area (Å²) in [7, 11) is 0. The lowest BCUT2D eigenvalue weighted by Crippen LogP contribution is -2.35. The molecule has 1 unspecified atom stereocenters. The normalized spacial score (nSPS) is 17.6. The van der Waals surface area contributed by atoms with Crippen molar-refractivity contribution < 1.29 is 9.32 Å². The Morgan fingerprint density at radius 2 is 2.20 bits per heavy atom. The maximum Gasteiger partial charge on any atom is 0.260 e. The van der Waals surface area contributed by atoms with E-state index in [1.165, 1.54) is 6.26 Å². The molecule has 1 aliphatic heterocycles. The molecule has 1 amide bonds. The van der Waals surface area contributed by atoms with E-state index in [2.05, 4.69) is 18.2 Å². The molecule has 0 N–H and O–H groups in total. The Bertz CT molecular complexity index is 631. The first-order valence-electron chi connectivity index (χ1n) is 6.78. The number of carbonyl (C=O) groups excluding carboxylic acids is 1. The first kappa shape index (κ1) is 12.7. The molecule has 0 radical (unpaired) electrons. The van der Waals surface area contributed by atoms with Gasteiger partial charge in [-0.2, -0.15) is 0 Å². The number of aromatic nitrogens is 1. The maximum atomic E-state index is 12.7. The zero-order valence-corrected chi connectivity index (χ0v) is 11.3. The topological polar surface area (TPSA) is 46.3 Å². The van der Waals surface area contributed by atoms with Gasteiger partial charge < -0.3 is 9.42 Å². The molecule has 20 heavy (non-hydrogen) atoms. The third kappa shape index (κ3) is 2.13.